The monoisotopic (exact) mass is 410 g/mol. The van der Waals surface area contributed by atoms with Crippen molar-refractivity contribution >= 4 is 17.3 Å². The number of hydrogen-bond acceptors (Lipinski definition) is 7. The number of aryl methyl sites for hydroxylation is 1. The molecule has 0 spiro atoms. The molecule has 9 heteroatoms. The number of halogens is 1. The summed E-state index contributed by atoms with van der Waals surface area (Å²) in [6.07, 6.45) is 0.489. The molecule has 2 aromatic carbocycles. The molecule has 5 rings (SSSR count). The van der Waals surface area contributed by atoms with Crippen molar-refractivity contribution in [3.8, 4) is 11.5 Å². The summed E-state index contributed by atoms with van der Waals surface area (Å²) in [5.74, 6) is 1.68. The van der Waals surface area contributed by atoms with E-state index in [0.717, 1.165) is 11.3 Å². The van der Waals surface area contributed by atoms with Gasteiger partial charge in [0.25, 0.3) is 5.91 Å². The van der Waals surface area contributed by atoms with Crippen LogP contribution in [0.3, 0.4) is 0 Å². The quantitative estimate of drug-likeness (QED) is 0.707. The lowest BCUT2D eigenvalue weighted by molar-refractivity contribution is -0.118. The van der Waals surface area contributed by atoms with Crippen LogP contribution in [0.15, 0.2) is 40.9 Å². The smallest absolute Gasteiger partial charge is 0.262 e. The van der Waals surface area contributed by atoms with Crippen LogP contribution in [0.1, 0.15) is 17.3 Å². The summed E-state index contributed by atoms with van der Waals surface area (Å²) in [6, 6.07) is 10.1. The molecular formula is C21H19FN4O4. The van der Waals surface area contributed by atoms with Gasteiger partial charge in [-0.3, -0.25) is 4.79 Å². The van der Waals surface area contributed by atoms with Crippen LogP contribution in [0, 0.1) is 12.7 Å². The number of fused-ring (bicyclic) bond motifs is 2. The van der Waals surface area contributed by atoms with Crippen LogP contribution in [0.4, 0.5) is 15.8 Å². The number of ether oxygens (including phenoxy) is 2. The number of hydrogen-bond donors (Lipinski definition) is 1. The summed E-state index contributed by atoms with van der Waals surface area (Å²) < 4.78 is 30.3. The van der Waals surface area contributed by atoms with E-state index >= 15 is 0 Å². The van der Waals surface area contributed by atoms with E-state index in [0.29, 0.717) is 48.5 Å². The lowest BCUT2D eigenvalue weighted by Gasteiger charge is -2.38. The number of nitrogens with zero attached hydrogens (tertiary/aromatic N) is 3. The van der Waals surface area contributed by atoms with Crippen molar-refractivity contribution in [1.82, 2.24) is 10.1 Å². The molecule has 1 unspecified atom stereocenters. The molecule has 3 aromatic rings. The van der Waals surface area contributed by atoms with Crippen LogP contribution in [0.2, 0.25) is 0 Å². The molecule has 0 saturated heterocycles. The molecule has 8 nitrogen and oxygen atoms in total. The van der Waals surface area contributed by atoms with Gasteiger partial charge in [0.1, 0.15) is 23.9 Å². The molecule has 0 fully saturated rings. The first-order chi connectivity index (χ1) is 14.5. The Kier molecular flexibility index (Phi) is 4.50. The number of anilines is 2. The summed E-state index contributed by atoms with van der Waals surface area (Å²) in [5, 5.41) is 6.68. The number of aromatic nitrogens is 2. The van der Waals surface area contributed by atoms with E-state index in [1.54, 1.807) is 13.0 Å². The molecule has 1 aromatic heterocycles. The molecule has 154 valence electrons. The fraction of sp³-hybridized carbons (Fsp3) is 0.286. The van der Waals surface area contributed by atoms with Gasteiger partial charge in [0.15, 0.2) is 12.4 Å². The van der Waals surface area contributed by atoms with E-state index in [-0.39, 0.29) is 24.4 Å². The largest absolute Gasteiger partial charge is 0.489 e. The van der Waals surface area contributed by atoms with Crippen LogP contribution in [-0.2, 0) is 17.8 Å². The molecule has 30 heavy (non-hydrogen) atoms. The van der Waals surface area contributed by atoms with Crippen LogP contribution >= 0.6 is 0 Å². The van der Waals surface area contributed by atoms with Crippen LogP contribution < -0.4 is 19.7 Å². The van der Waals surface area contributed by atoms with E-state index < -0.39 is 0 Å². The summed E-state index contributed by atoms with van der Waals surface area (Å²) in [7, 11) is 0. The Bertz CT molecular complexity index is 1120. The highest BCUT2D eigenvalue weighted by Gasteiger charge is 2.30. The third kappa shape index (κ3) is 3.54. The maximum Gasteiger partial charge on any atom is 0.262 e. The second-order valence-corrected chi connectivity index (χ2v) is 7.31. The highest BCUT2D eigenvalue weighted by Crippen LogP contribution is 2.37. The summed E-state index contributed by atoms with van der Waals surface area (Å²) in [6.45, 7) is 2.65. The molecular weight excluding hydrogens is 391 g/mol. The number of benzene rings is 2. The average Bonchev–Trinajstić information content (AvgIpc) is 3.14. The lowest BCUT2D eigenvalue weighted by atomic mass is 10.1. The first-order valence-electron chi connectivity index (χ1n) is 9.59. The Morgan fingerprint density at radius 3 is 2.93 bits per heavy atom. The second-order valence-electron chi connectivity index (χ2n) is 7.31. The molecule has 1 N–H and O–H groups in total. The minimum absolute atomic E-state index is 0.0143. The van der Waals surface area contributed by atoms with Crippen LogP contribution in [0.5, 0.6) is 11.5 Å². The van der Waals surface area contributed by atoms with Gasteiger partial charge in [0.05, 0.1) is 23.8 Å². The highest BCUT2D eigenvalue weighted by molar-refractivity contribution is 5.95. The predicted molar refractivity (Wildman–Crippen MR) is 105 cm³/mol. The van der Waals surface area contributed by atoms with Gasteiger partial charge >= 0.3 is 0 Å². The van der Waals surface area contributed by atoms with Gasteiger partial charge in [-0.1, -0.05) is 11.2 Å². The normalized spacial score (nSPS) is 17.5. The number of carbonyl (C=O) groups is 1. The van der Waals surface area contributed by atoms with E-state index in [4.69, 9.17) is 14.0 Å². The van der Waals surface area contributed by atoms with Crippen molar-refractivity contribution < 1.29 is 23.2 Å². The van der Waals surface area contributed by atoms with Crippen molar-refractivity contribution in [3.63, 3.8) is 0 Å². The zero-order valence-corrected chi connectivity index (χ0v) is 16.2. The van der Waals surface area contributed by atoms with Crippen LogP contribution in [0.25, 0.3) is 0 Å². The Hall–Kier alpha value is -3.62. The first-order valence-corrected chi connectivity index (χ1v) is 9.59. The van der Waals surface area contributed by atoms with Gasteiger partial charge in [-0.15, -0.1) is 0 Å². The third-order valence-corrected chi connectivity index (χ3v) is 5.11. The number of rotatable bonds is 4. The fourth-order valence-corrected chi connectivity index (χ4v) is 3.75. The van der Waals surface area contributed by atoms with Gasteiger partial charge in [0, 0.05) is 12.6 Å². The van der Waals surface area contributed by atoms with Crippen molar-refractivity contribution in [2.24, 2.45) is 0 Å². The van der Waals surface area contributed by atoms with E-state index in [9.17, 15) is 9.18 Å². The Morgan fingerprint density at radius 2 is 2.10 bits per heavy atom. The van der Waals surface area contributed by atoms with Gasteiger partial charge in [0.2, 0.25) is 5.89 Å². The van der Waals surface area contributed by atoms with E-state index in [2.05, 4.69) is 20.4 Å². The standard InChI is InChI=1S/C21H19FN4O4/c1-12-23-21(30-25-12)8-15-10-28-19-7-14(22)3-4-17(19)26(15)9-13-2-5-18-16(6-13)24-20(27)11-29-18/h2-7,15H,8-11H2,1H3,(H,24,27). The predicted octanol–water partition coefficient (Wildman–Crippen LogP) is 2.86. The number of carbonyl (C=O) groups excluding carboxylic acids is 1. The molecule has 0 saturated carbocycles. The fourth-order valence-electron chi connectivity index (χ4n) is 3.75. The second kappa shape index (κ2) is 7.33. The zero-order chi connectivity index (χ0) is 20.7. The molecule has 0 bridgehead atoms. The minimum atomic E-state index is -0.353. The SMILES string of the molecule is Cc1noc(CC2COc3cc(F)ccc3N2Cc2ccc3c(c2)NC(=O)CO3)n1. The first kappa shape index (κ1) is 18.4. The molecule has 2 aliphatic rings. The van der Waals surface area contributed by atoms with Gasteiger partial charge in [-0.05, 0) is 36.8 Å². The molecule has 2 aliphatic heterocycles. The topological polar surface area (TPSA) is 89.7 Å². The Morgan fingerprint density at radius 1 is 1.20 bits per heavy atom. The maximum atomic E-state index is 13.7. The number of nitrogens with one attached hydrogen (secondary N) is 1. The Balaban J connectivity index is 1.47. The molecule has 0 aliphatic carbocycles. The molecule has 0 radical (unpaired) electrons. The summed E-state index contributed by atoms with van der Waals surface area (Å²) in [5.41, 5.74) is 2.38. The van der Waals surface area contributed by atoms with Gasteiger partial charge in [-0.2, -0.15) is 4.98 Å². The van der Waals surface area contributed by atoms with Crippen LogP contribution in [-0.4, -0.2) is 35.3 Å². The average molecular weight is 410 g/mol. The van der Waals surface area contributed by atoms with Crippen molar-refractivity contribution in [3.05, 3.63) is 59.5 Å². The van der Waals surface area contributed by atoms with Gasteiger partial charge in [-0.25, -0.2) is 4.39 Å². The summed E-state index contributed by atoms with van der Waals surface area (Å²) >= 11 is 0. The number of amides is 1. The highest BCUT2D eigenvalue weighted by atomic mass is 19.1. The molecule has 1 amide bonds. The summed E-state index contributed by atoms with van der Waals surface area (Å²) in [4.78, 5) is 18.1. The van der Waals surface area contributed by atoms with E-state index in [1.807, 2.05) is 18.2 Å². The molecule has 3 heterocycles. The third-order valence-electron chi connectivity index (χ3n) is 5.11. The van der Waals surface area contributed by atoms with Gasteiger partial charge < -0.3 is 24.2 Å². The lowest BCUT2D eigenvalue weighted by Crippen LogP contribution is -2.44. The Labute approximate surface area is 171 Å². The van der Waals surface area contributed by atoms with Crippen molar-refractivity contribution in [1.29, 1.82) is 0 Å². The van der Waals surface area contributed by atoms with Crippen molar-refractivity contribution in [2.45, 2.75) is 25.9 Å². The zero-order valence-electron chi connectivity index (χ0n) is 16.2. The molecule has 1 atom stereocenters. The maximum absolute atomic E-state index is 13.7. The van der Waals surface area contributed by atoms with E-state index in [1.165, 1.54) is 12.1 Å². The van der Waals surface area contributed by atoms with Crippen molar-refractivity contribution in [2.75, 3.05) is 23.4 Å². The minimum Gasteiger partial charge on any atom is -0.489 e.